The molecule has 8 heteroatoms. The molecule has 1 saturated heterocycles. The molecule has 1 unspecified atom stereocenters. The van der Waals surface area contributed by atoms with Gasteiger partial charge in [-0.3, -0.25) is 4.90 Å². The van der Waals surface area contributed by atoms with Crippen LogP contribution in [0.2, 0.25) is 0 Å². The molecule has 0 aliphatic carbocycles. The van der Waals surface area contributed by atoms with Gasteiger partial charge < -0.3 is 4.42 Å². The van der Waals surface area contributed by atoms with E-state index in [0.29, 0.717) is 29.7 Å². The van der Waals surface area contributed by atoms with E-state index in [1.165, 1.54) is 0 Å². The molecule has 1 aliphatic rings. The van der Waals surface area contributed by atoms with E-state index in [4.69, 9.17) is 16.6 Å². The Morgan fingerprint density at radius 3 is 2.52 bits per heavy atom. The maximum absolute atomic E-state index is 11.9. The van der Waals surface area contributed by atoms with Crippen LogP contribution >= 0.6 is 12.2 Å². The summed E-state index contributed by atoms with van der Waals surface area (Å²) in [6, 6.07) is 6.14. The molecule has 3 rings (SSSR count). The molecular formula is C19H27N3O3S2. The van der Waals surface area contributed by atoms with E-state index in [2.05, 4.69) is 29.9 Å². The van der Waals surface area contributed by atoms with Crippen LogP contribution in [0.25, 0.3) is 11.5 Å². The largest absolute Gasteiger partial charge is 0.409 e. The van der Waals surface area contributed by atoms with Crippen molar-refractivity contribution in [1.82, 2.24) is 14.7 Å². The SMILES string of the molecule is Cc1cc(C)cc(-c2nn(CN(CC(C)C)C3CCS(=O)(=O)C3)c(=S)o2)c1. The Morgan fingerprint density at radius 1 is 1.30 bits per heavy atom. The fraction of sp³-hybridized carbons (Fsp3) is 0.579. The molecule has 27 heavy (non-hydrogen) atoms. The summed E-state index contributed by atoms with van der Waals surface area (Å²) in [6.07, 6.45) is 0.657. The first-order valence-corrected chi connectivity index (χ1v) is 11.5. The van der Waals surface area contributed by atoms with Crippen LogP contribution < -0.4 is 0 Å². The molecule has 0 amide bonds. The maximum Gasteiger partial charge on any atom is 0.288 e. The minimum absolute atomic E-state index is 0.000615. The van der Waals surface area contributed by atoms with Gasteiger partial charge in [-0.1, -0.05) is 31.0 Å². The highest BCUT2D eigenvalue weighted by Gasteiger charge is 2.33. The van der Waals surface area contributed by atoms with E-state index in [-0.39, 0.29) is 17.5 Å². The summed E-state index contributed by atoms with van der Waals surface area (Å²) in [5.74, 6) is 1.36. The number of hydrogen-bond donors (Lipinski definition) is 0. The molecule has 0 bridgehead atoms. The van der Waals surface area contributed by atoms with Crippen molar-refractivity contribution in [3.63, 3.8) is 0 Å². The lowest BCUT2D eigenvalue weighted by Gasteiger charge is -2.29. The van der Waals surface area contributed by atoms with Gasteiger partial charge in [-0.05, 0) is 50.5 Å². The smallest absolute Gasteiger partial charge is 0.288 e. The highest BCUT2D eigenvalue weighted by molar-refractivity contribution is 7.91. The molecule has 1 fully saturated rings. The molecule has 0 spiro atoms. The summed E-state index contributed by atoms with van der Waals surface area (Å²) in [6.45, 7) is 9.54. The van der Waals surface area contributed by atoms with Gasteiger partial charge in [-0.15, -0.1) is 5.10 Å². The quantitative estimate of drug-likeness (QED) is 0.679. The van der Waals surface area contributed by atoms with Gasteiger partial charge in [0.15, 0.2) is 9.84 Å². The Balaban J connectivity index is 1.86. The van der Waals surface area contributed by atoms with Gasteiger partial charge >= 0.3 is 0 Å². The van der Waals surface area contributed by atoms with Crippen LogP contribution in [0.1, 0.15) is 31.4 Å². The van der Waals surface area contributed by atoms with Gasteiger partial charge in [-0.25, -0.2) is 13.1 Å². The van der Waals surface area contributed by atoms with Gasteiger partial charge in [0.1, 0.15) is 0 Å². The highest BCUT2D eigenvalue weighted by atomic mass is 32.2. The maximum atomic E-state index is 11.9. The Labute approximate surface area is 166 Å². The Hall–Kier alpha value is -1.51. The summed E-state index contributed by atoms with van der Waals surface area (Å²) < 4.78 is 31.2. The molecule has 1 aliphatic heterocycles. The van der Waals surface area contributed by atoms with Gasteiger partial charge in [0.05, 0.1) is 18.2 Å². The number of aryl methyl sites for hydroxylation is 2. The average molecular weight is 410 g/mol. The van der Waals surface area contributed by atoms with Gasteiger partial charge in [-0.2, -0.15) is 0 Å². The fourth-order valence-electron chi connectivity index (χ4n) is 3.64. The van der Waals surface area contributed by atoms with Gasteiger partial charge in [0.25, 0.3) is 4.84 Å². The zero-order chi connectivity index (χ0) is 19.8. The average Bonchev–Trinajstić information content (AvgIpc) is 3.08. The van der Waals surface area contributed by atoms with Crippen LogP contribution in [0.3, 0.4) is 0 Å². The molecule has 0 radical (unpaired) electrons. The van der Waals surface area contributed by atoms with Gasteiger partial charge in [0, 0.05) is 18.2 Å². The molecule has 148 valence electrons. The molecule has 1 atom stereocenters. The topological polar surface area (TPSA) is 68.3 Å². The number of sulfone groups is 1. The van der Waals surface area contributed by atoms with E-state index in [1.54, 1.807) is 4.68 Å². The summed E-state index contributed by atoms with van der Waals surface area (Å²) in [5.41, 5.74) is 3.17. The number of nitrogens with zero attached hydrogens (tertiary/aromatic N) is 3. The zero-order valence-electron chi connectivity index (χ0n) is 16.3. The van der Waals surface area contributed by atoms with Gasteiger partial charge in [0.2, 0.25) is 5.89 Å². The number of aromatic nitrogens is 2. The van der Waals surface area contributed by atoms with Crippen molar-refractivity contribution in [3.8, 4) is 11.5 Å². The van der Waals surface area contributed by atoms with E-state index >= 15 is 0 Å². The van der Waals surface area contributed by atoms with Crippen LogP contribution in [0, 0.1) is 24.6 Å². The molecular weight excluding hydrogens is 382 g/mol. The molecule has 2 heterocycles. The van der Waals surface area contributed by atoms with Crippen LogP contribution in [0.5, 0.6) is 0 Å². The lowest BCUT2D eigenvalue weighted by atomic mass is 10.1. The van der Waals surface area contributed by atoms with Crippen molar-refractivity contribution < 1.29 is 12.8 Å². The van der Waals surface area contributed by atoms with Crippen molar-refractivity contribution in [2.75, 3.05) is 18.1 Å². The first kappa shape index (κ1) is 20.2. The van der Waals surface area contributed by atoms with Crippen LogP contribution in [0.15, 0.2) is 22.6 Å². The molecule has 6 nitrogen and oxygen atoms in total. The van der Waals surface area contributed by atoms with Crippen molar-refractivity contribution in [2.45, 2.75) is 46.8 Å². The summed E-state index contributed by atoms with van der Waals surface area (Å²) in [5, 5.41) is 4.57. The van der Waals surface area contributed by atoms with E-state index < -0.39 is 9.84 Å². The predicted octanol–water partition coefficient (Wildman–Crippen LogP) is 3.59. The standard InChI is InChI=1S/C19H27N3O3S2/c1-13(2)10-21(17-5-6-27(23,24)11-17)12-22-19(26)25-18(20-22)16-8-14(3)7-15(4)9-16/h7-9,13,17H,5-6,10-12H2,1-4H3. The lowest BCUT2D eigenvalue weighted by Crippen LogP contribution is -2.40. The molecule has 1 aromatic heterocycles. The second kappa shape index (κ2) is 7.85. The predicted molar refractivity (Wildman–Crippen MR) is 109 cm³/mol. The number of hydrogen-bond acceptors (Lipinski definition) is 6. The summed E-state index contributed by atoms with van der Waals surface area (Å²) in [7, 11) is -2.95. The van der Waals surface area contributed by atoms with Crippen molar-refractivity contribution in [3.05, 3.63) is 34.2 Å². The number of benzene rings is 1. The third-order valence-electron chi connectivity index (χ3n) is 4.71. The zero-order valence-corrected chi connectivity index (χ0v) is 17.9. The van der Waals surface area contributed by atoms with Crippen molar-refractivity contribution >= 4 is 22.1 Å². The summed E-state index contributed by atoms with van der Waals surface area (Å²) in [4.78, 5) is 2.47. The van der Waals surface area contributed by atoms with Crippen LogP contribution in [0.4, 0.5) is 0 Å². The molecule has 2 aromatic rings. The van der Waals surface area contributed by atoms with E-state index in [0.717, 1.165) is 23.2 Å². The van der Waals surface area contributed by atoms with Crippen molar-refractivity contribution in [2.24, 2.45) is 5.92 Å². The minimum atomic E-state index is -2.95. The van der Waals surface area contributed by atoms with Crippen molar-refractivity contribution in [1.29, 1.82) is 0 Å². The molecule has 0 saturated carbocycles. The lowest BCUT2D eigenvalue weighted by molar-refractivity contribution is 0.136. The highest BCUT2D eigenvalue weighted by Crippen LogP contribution is 2.23. The Bertz CT molecular complexity index is 956. The van der Waals surface area contributed by atoms with E-state index in [1.807, 2.05) is 26.0 Å². The third kappa shape index (κ3) is 5.06. The second-order valence-electron chi connectivity index (χ2n) is 7.91. The second-order valence-corrected chi connectivity index (χ2v) is 10.5. The summed E-state index contributed by atoms with van der Waals surface area (Å²) >= 11 is 5.38. The van der Waals surface area contributed by atoms with Crippen LogP contribution in [-0.2, 0) is 16.5 Å². The Kier molecular flexibility index (Phi) is 5.88. The fourth-order valence-corrected chi connectivity index (χ4v) is 5.58. The first-order chi connectivity index (χ1) is 12.6. The third-order valence-corrected chi connectivity index (χ3v) is 6.76. The molecule has 0 N–H and O–H groups in total. The minimum Gasteiger partial charge on any atom is -0.409 e. The molecule has 1 aromatic carbocycles. The number of rotatable bonds is 6. The van der Waals surface area contributed by atoms with E-state index in [9.17, 15) is 8.42 Å². The Morgan fingerprint density at radius 2 is 1.96 bits per heavy atom. The monoisotopic (exact) mass is 409 g/mol. The first-order valence-electron chi connectivity index (χ1n) is 9.24. The normalized spacial score (nSPS) is 19.3. The van der Waals surface area contributed by atoms with Crippen LogP contribution in [-0.4, -0.2) is 47.2 Å².